The molecule has 96 valence electrons. The Kier molecular flexibility index (Phi) is 3.69. The summed E-state index contributed by atoms with van der Waals surface area (Å²) in [6.07, 6.45) is 2.34. The standard InChI is InChI=1S/C13H22N2O2/c1-9(2)11-5-6-15(8-11)13(17)10-3-4-12(16)14-7-10/h9-11H,3-8H2,1-2H3,(H,14,16). The largest absolute Gasteiger partial charge is 0.355 e. The van der Waals surface area contributed by atoms with Crippen LogP contribution in [0.25, 0.3) is 0 Å². The minimum absolute atomic E-state index is 0.0126. The van der Waals surface area contributed by atoms with Crippen LogP contribution in [-0.2, 0) is 9.59 Å². The first kappa shape index (κ1) is 12.4. The smallest absolute Gasteiger partial charge is 0.227 e. The van der Waals surface area contributed by atoms with Gasteiger partial charge in [0.15, 0.2) is 0 Å². The van der Waals surface area contributed by atoms with Crippen LogP contribution in [0.4, 0.5) is 0 Å². The molecule has 2 atom stereocenters. The van der Waals surface area contributed by atoms with E-state index in [-0.39, 0.29) is 17.7 Å². The summed E-state index contributed by atoms with van der Waals surface area (Å²) in [7, 11) is 0. The van der Waals surface area contributed by atoms with Crippen molar-refractivity contribution in [3.63, 3.8) is 0 Å². The molecule has 0 bridgehead atoms. The third-order valence-corrected chi connectivity index (χ3v) is 4.09. The van der Waals surface area contributed by atoms with E-state index in [0.717, 1.165) is 19.5 Å². The first-order chi connectivity index (χ1) is 8.08. The molecule has 2 amide bonds. The number of likely N-dealkylation sites (tertiary alicyclic amines) is 1. The minimum atomic E-state index is 0.0126. The lowest BCUT2D eigenvalue weighted by Gasteiger charge is -2.26. The number of amides is 2. The van der Waals surface area contributed by atoms with Crippen LogP contribution in [0.5, 0.6) is 0 Å². The number of carbonyl (C=O) groups excluding carboxylic acids is 2. The van der Waals surface area contributed by atoms with Gasteiger partial charge < -0.3 is 10.2 Å². The molecule has 17 heavy (non-hydrogen) atoms. The summed E-state index contributed by atoms with van der Waals surface area (Å²) < 4.78 is 0. The van der Waals surface area contributed by atoms with Crippen LogP contribution in [0.1, 0.15) is 33.1 Å². The number of piperidine rings is 1. The molecule has 1 N–H and O–H groups in total. The zero-order valence-corrected chi connectivity index (χ0v) is 10.7. The number of carbonyl (C=O) groups is 2. The van der Waals surface area contributed by atoms with Crippen LogP contribution < -0.4 is 5.32 Å². The zero-order valence-electron chi connectivity index (χ0n) is 10.7. The zero-order chi connectivity index (χ0) is 12.4. The van der Waals surface area contributed by atoms with Gasteiger partial charge in [0.1, 0.15) is 0 Å². The van der Waals surface area contributed by atoms with Gasteiger partial charge in [0.25, 0.3) is 0 Å². The van der Waals surface area contributed by atoms with E-state index in [1.54, 1.807) is 0 Å². The molecule has 0 saturated carbocycles. The molecular weight excluding hydrogens is 216 g/mol. The summed E-state index contributed by atoms with van der Waals surface area (Å²) in [6, 6.07) is 0. The second-order valence-electron chi connectivity index (χ2n) is 5.62. The second-order valence-corrected chi connectivity index (χ2v) is 5.62. The summed E-state index contributed by atoms with van der Waals surface area (Å²) in [5.41, 5.74) is 0. The summed E-state index contributed by atoms with van der Waals surface area (Å²) in [4.78, 5) is 25.3. The Hall–Kier alpha value is -1.06. The monoisotopic (exact) mass is 238 g/mol. The fourth-order valence-electron chi connectivity index (χ4n) is 2.73. The van der Waals surface area contributed by atoms with Gasteiger partial charge >= 0.3 is 0 Å². The van der Waals surface area contributed by atoms with Crippen molar-refractivity contribution in [2.24, 2.45) is 17.8 Å². The van der Waals surface area contributed by atoms with Crippen LogP contribution in [0.15, 0.2) is 0 Å². The number of hydrogen-bond donors (Lipinski definition) is 1. The molecule has 2 rings (SSSR count). The molecule has 2 saturated heterocycles. The van der Waals surface area contributed by atoms with E-state index in [1.165, 1.54) is 0 Å². The molecule has 0 aromatic carbocycles. The van der Waals surface area contributed by atoms with Gasteiger partial charge in [-0.3, -0.25) is 9.59 Å². The lowest BCUT2D eigenvalue weighted by atomic mass is 9.95. The van der Waals surface area contributed by atoms with Gasteiger partial charge in [-0.1, -0.05) is 13.8 Å². The van der Waals surface area contributed by atoms with E-state index < -0.39 is 0 Å². The molecule has 2 heterocycles. The van der Waals surface area contributed by atoms with Gasteiger partial charge in [-0.25, -0.2) is 0 Å². The Morgan fingerprint density at radius 1 is 1.41 bits per heavy atom. The van der Waals surface area contributed by atoms with Crippen molar-refractivity contribution in [1.82, 2.24) is 10.2 Å². The molecule has 0 aromatic heterocycles. The van der Waals surface area contributed by atoms with Crippen molar-refractivity contribution in [2.75, 3.05) is 19.6 Å². The Morgan fingerprint density at radius 2 is 2.18 bits per heavy atom. The van der Waals surface area contributed by atoms with Crippen LogP contribution >= 0.6 is 0 Å². The van der Waals surface area contributed by atoms with Crippen molar-refractivity contribution in [2.45, 2.75) is 33.1 Å². The predicted molar refractivity (Wildman–Crippen MR) is 65.3 cm³/mol. The third kappa shape index (κ3) is 2.79. The highest BCUT2D eigenvalue weighted by Crippen LogP contribution is 2.26. The van der Waals surface area contributed by atoms with Crippen molar-refractivity contribution in [3.05, 3.63) is 0 Å². The normalized spacial score (nSPS) is 29.6. The summed E-state index contributed by atoms with van der Waals surface area (Å²) in [5, 5.41) is 2.78. The van der Waals surface area contributed by atoms with Crippen molar-refractivity contribution in [1.29, 1.82) is 0 Å². The van der Waals surface area contributed by atoms with Gasteiger partial charge in [-0.15, -0.1) is 0 Å². The Balaban J connectivity index is 1.86. The van der Waals surface area contributed by atoms with Crippen LogP contribution in [0.3, 0.4) is 0 Å². The van der Waals surface area contributed by atoms with Gasteiger partial charge in [0.2, 0.25) is 11.8 Å². The number of rotatable bonds is 2. The molecule has 2 aliphatic heterocycles. The van der Waals surface area contributed by atoms with Crippen molar-refractivity contribution < 1.29 is 9.59 Å². The minimum Gasteiger partial charge on any atom is -0.355 e. The number of nitrogens with zero attached hydrogens (tertiary/aromatic N) is 1. The van der Waals surface area contributed by atoms with Gasteiger partial charge in [0.05, 0.1) is 5.92 Å². The quantitative estimate of drug-likeness (QED) is 0.780. The van der Waals surface area contributed by atoms with E-state index in [9.17, 15) is 9.59 Å². The van der Waals surface area contributed by atoms with Gasteiger partial charge in [-0.2, -0.15) is 0 Å². The Morgan fingerprint density at radius 3 is 2.71 bits per heavy atom. The SMILES string of the molecule is CC(C)C1CCN(C(=O)C2CCC(=O)NC2)C1. The first-order valence-electron chi connectivity index (χ1n) is 6.63. The van der Waals surface area contributed by atoms with Gasteiger partial charge in [-0.05, 0) is 24.7 Å². The molecule has 0 radical (unpaired) electrons. The average Bonchev–Trinajstić information content (AvgIpc) is 2.78. The van der Waals surface area contributed by atoms with E-state index >= 15 is 0 Å². The Bertz CT molecular complexity index is 305. The number of nitrogens with one attached hydrogen (secondary N) is 1. The molecule has 2 aliphatic rings. The average molecular weight is 238 g/mol. The van der Waals surface area contributed by atoms with E-state index in [2.05, 4.69) is 19.2 Å². The molecule has 4 heteroatoms. The molecule has 0 aliphatic carbocycles. The fraction of sp³-hybridized carbons (Fsp3) is 0.846. The molecular formula is C13H22N2O2. The molecule has 4 nitrogen and oxygen atoms in total. The number of hydrogen-bond acceptors (Lipinski definition) is 2. The Labute approximate surface area is 103 Å². The highest BCUT2D eigenvalue weighted by atomic mass is 16.2. The molecule has 2 fully saturated rings. The highest BCUT2D eigenvalue weighted by Gasteiger charge is 2.33. The van der Waals surface area contributed by atoms with Crippen molar-refractivity contribution in [3.8, 4) is 0 Å². The molecule has 2 unspecified atom stereocenters. The highest BCUT2D eigenvalue weighted by molar-refractivity contribution is 5.83. The van der Waals surface area contributed by atoms with Crippen LogP contribution in [0.2, 0.25) is 0 Å². The van der Waals surface area contributed by atoms with E-state index in [0.29, 0.717) is 31.2 Å². The van der Waals surface area contributed by atoms with Crippen LogP contribution in [0, 0.1) is 17.8 Å². The van der Waals surface area contributed by atoms with Crippen molar-refractivity contribution >= 4 is 11.8 Å². The summed E-state index contributed by atoms with van der Waals surface area (Å²) >= 11 is 0. The summed E-state index contributed by atoms with van der Waals surface area (Å²) in [6.45, 7) is 6.77. The molecule has 0 aromatic rings. The lowest BCUT2D eigenvalue weighted by molar-refractivity contribution is -0.136. The van der Waals surface area contributed by atoms with E-state index in [1.807, 2.05) is 4.90 Å². The maximum atomic E-state index is 12.2. The van der Waals surface area contributed by atoms with Crippen LogP contribution in [-0.4, -0.2) is 36.3 Å². The van der Waals surface area contributed by atoms with E-state index in [4.69, 9.17) is 0 Å². The maximum absolute atomic E-state index is 12.2. The van der Waals surface area contributed by atoms with Gasteiger partial charge in [0, 0.05) is 26.1 Å². The lowest BCUT2D eigenvalue weighted by Crippen LogP contribution is -2.44. The fourth-order valence-corrected chi connectivity index (χ4v) is 2.73. The second kappa shape index (κ2) is 5.07. The summed E-state index contributed by atoms with van der Waals surface area (Å²) in [5.74, 6) is 1.64. The molecule has 0 spiro atoms. The topological polar surface area (TPSA) is 49.4 Å². The third-order valence-electron chi connectivity index (χ3n) is 4.09. The predicted octanol–water partition coefficient (Wildman–Crippen LogP) is 1.02. The maximum Gasteiger partial charge on any atom is 0.227 e. The first-order valence-corrected chi connectivity index (χ1v) is 6.63.